The average molecular weight is 266 g/mol. The van der Waals surface area contributed by atoms with E-state index in [2.05, 4.69) is 9.64 Å². The van der Waals surface area contributed by atoms with Crippen molar-refractivity contribution < 1.29 is 9.53 Å². The smallest absolute Gasteiger partial charge is 0.305 e. The Bertz CT molecular complexity index is 418. The third-order valence-corrected chi connectivity index (χ3v) is 2.93. The Morgan fingerprint density at radius 1 is 1.39 bits per heavy atom. The first-order chi connectivity index (χ1) is 8.54. The number of thiocarbonyl (C=S) groups is 1. The molecule has 0 aliphatic carbocycles. The van der Waals surface area contributed by atoms with E-state index in [1.165, 1.54) is 7.11 Å². The lowest BCUT2D eigenvalue weighted by Crippen LogP contribution is -2.19. The molecule has 1 rings (SSSR count). The van der Waals surface area contributed by atoms with E-state index >= 15 is 0 Å². The maximum absolute atomic E-state index is 11.0. The Balaban J connectivity index is 2.48. The lowest BCUT2D eigenvalue weighted by molar-refractivity contribution is -0.140. The summed E-state index contributed by atoms with van der Waals surface area (Å²) >= 11 is 4.90. The van der Waals surface area contributed by atoms with Crippen LogP contribution in [-0.2, 0) is 9.53 Å². The number of carbonyl (C=O) groups is 1. The first kappa shape index (κ1) is 14.4. The summed E-state index contributed by atoms with van der Waals surface area (Å²) in [5.74, 6) is -0.174. The van der Waals surface area contributed by atoms with Gasteiger partial charge in [-0.2, -0.15) is 0 Å². The van der Waals surface area contributed by atoms with Crippen LogP contribution in [0.2, 0.25) is 0 Å². The number of nitrogens with two attached hydrogens (primary N) is 1. The molecule has 0 aliphatic heterocycles. The topological polar surface area (TPSA) is 55.6 Å². The third-order valence-electron chi connectivity index (χ3n) is 2.69. The molecule has 0 fully saturated rings. The summed E-state index contributed by atoms with van der Waals surface area (Å²) in [4.78, 5) is 13.5. The molecule has 0 unspecified atom stereocenters. The first-order valence-corrected chi connectivity index (χ1v) is 6.13. The number of hydrogen-bond acceptors (Lipinski definition) is 4. The van der Waals surface area contributed by atoms with E-state index in [1.807, 2.05) is 31.3 Å². The van der Waals surface area contributed by atoms with Gasteiger partial charge < -0.3 is 15.4 Å². The Morgan fingerprint density at radius 2 is 2.00 bits per heavy atom. The van der Waals surface area contributed by atoms with Crippen molar-refractivity contribution in [3.63, 3.8) is 0 Å². The maximum atomic E-state index is 11.0. The van der Waals surface area contributed by atoms with Crippen LogP contribution < -0.4 is 10.6 Å². The van der Waals surface area contributed by atoms with Crippen LogP contribution in [-0.4, -0.2) is 31.7 Å². The minimum Gasteiger partial charge on any atom is -0.469 e. The molecule has 1 aromatic rings. The van der Waals surface area contributed by atoms with Crippen molar-refractivity contribution in [3.05, 3.63) is 29.8 Å². The van der Waals surface area contributed by atoms with Gasteiger partial charge in [0.1, 0.15) is 4.99 Å². The van der Waals surface area contributed by atoms with Gasteiger partial charge in [-0.1, -0.05) is 12.2 Å². The maximum Gasteiger partial charge on any atom is 0.305 e. The summed E-state index contributed by atoms with van der Waals surface area (Å²) < 4.78 is 4.59. The fraction of sp³-hybridized carbons (Fsp3) is 0.385. The number of anilines is 1. The molecule has 0 atom stereocenters. The molecule has 0 saturated heterocycles. The van der Waals surface area contributed by atoms with E-state index < -0.39 is 0 Å². The minimum absolute atomic E-state index is 0.174. The van der Waals surface area contributed by atoms with Crippen LogP contribution in [0.1, 0.15) is 18.4 Å². The number of benzene rings is 1. The van der Waals surface area contributed by atoms with Crippen molar-refractivity contribution in [1.82, 2.24) is 0 Å². The molecule has 98 valence electrons. The van der Waals surface area contributed by atoms with Gasteiger partial charge in [0.15, 0.2) is 0 Å². The normalized spacial score (nSPS) is 9.89. The molecule has 0 radical (unpaired) electrons. The monoisotopic (exact) mass is 266 g/mol. The van der Waals surface area contributed by atoms with Gasteiger partial charge in [-0.3, -0.25) is 4.79 Å². The van der Waals surface area contributed by atoms with Gasteiger partial charge in [-0.15, -0.1) is 0 Å². The molecule has 0 spiro atoms. The lowest BCUT2D eigenvalue weighted by Gasteiger charge is -2.19. The predicted molar refractivity (Wildman–Crippen MR) is 76.8 cm³/mol. The van der Waals surface area contributed by atoms with Crippen LogP contribution in [0.4, 0.5) is 5.69 Å². The summed E-state index contributed by atoms with van der Waals surface area (Å²) in [6, 6.07) is 7.72. The Hall–Kier alpha value is -1.62. The predicted octanol–water partition coefficient (Wildman–Crippen LogP) is 1.71. The lowest BCUT2D eigenvalue weighted by atomic mass is 10.2. The highest BCUT2D eigenvalue weighted by atomic mass is 32.1. The van der Waals surface area contributed by atoms with E-state index in [9.17, 15) is 4.79 Å². The van der Waals surface area contributed by atoms with Gasteiger partial charge in [-0.25, -0.2) is 0 Å². The zero-order valence-corrected chi connectivity index (χ0v) is 11.5. The Labute approximate surface area is 113 Å². The molecule has 0 aromatic heterocycles. The molecule has 1 aromatic carbocycles. The highest BCUT2D eigenvalue weighted by Gasteiger charge is 2.04. The van der Waals surface area contributed by atoms with Crippen molar-refractivity contribution in [2.45, 2.75) is 12.8 Å². The molecule has 0 heterocycles. The molecule has 18 heavy (non-hydrogen) atoms. The zero-order chi connectivity index (χ0) is 13.5. The van der Waals surface area contributed by atoms with Gasteiger partial charge in [0, 0.05) is 31.3 Å². The zero-order valence-electron chi connectivity index (χ0n) is 10.7. The molecule has 5 heteroatoms. The van der Waals surface area contributed by atoms with E-state index in [0.29, 0.717) is 11.4 Å². The second kappa shape index (κ2) is 6.96. The summed E-state index contributed by atoms with van der Waals surface area (Å²) in [6.45, 7) is 0.793. The van der Waals surface area contributed by atoms with Gasteiger partial charge in [0.05, 0.1) is 7.11 Å². The van der Waals surface area contributed by atoms with E-state index in [4.69, 9.17) is 18.0 Å². The van der Waals surface area contributed by atoms with Gasteiger partial charge >= 0.3 is 5.97 Å². The molecule has 2 N–H and O–H groups in total. The van der Waals surface area contributed by atoms with Crippen molar-refractivity contribution in [3.8, 4) is 0 Å². The third kappa shape index (κ3) is 4.33. The summed E-state index contributed by atoms with van der Waals surface area (Å²) in [5, 5.41) is 0. The number of hydrogen-bond donors (Lipinski definition) is 1. The fourth-order valence-electron chi connectivity index (χ4n) is 1.57. The molecule has 0 saturated carbocycles. The van der Waals surface area contributed by atoms with E-state index in [0.717, 1.165) is 24.2 Å². The Morgan fingerprint density at radius 3 is 2.50 bits per heavy atom. The number of rotatable bonds is 6. The van der Waals surface area contributed by atoms with Crippen LogP contribution in [0.25, 0.3) is 0 Å². The first-order valence-electron chi connectivity index (χ1n) is 5.72. The van der Waals surface area contributed by atoms with Crippen LogP contribution in [0, 0.1) is 0 Å². The quantitative estimate of drug-likeness (QED) is 0.627. The van der Waals surface area contributed by atoms with E-state index in [1.54, 1.807) is 0 Å². The van der Waals surface area contributed by atoms with Gasteiger partial charge in [0.25, 0.3) is 0 Å². The van der Waals surface area contributed by atoms with E-state index in [-0.39, 0.29) is 5.97 Å². The molecule has 4 nitrogen and oxygen atoms in total. The van der Waals surface area contributed by atoms with Crippen molar-refractivity contribution in [2.24, 2.45) is 5.73 Å². The molecular formula is C13H18N2O2S. The number of carbonyl (C=O) groups excluding carboxylic acids is 1. The van der Waals surface area contributed by atoms with Crippen LogP contribution in [0.5, 0.6) is 0 Å². The second-order valence-electron chi connectivity index (χ2n) is 4.01. The second-order valence-corrected chi connectivity index (χ2v) is 4.45. The number of ether oxygens (including phenoxy) is 1. The van der Waals surface area contributed by atoms with Gasteiger partial charge in [-0.05, 0) is 30.7 Å². The fourth-order valence-corrected chi connectivity index (χ4v) is 1.71. The number of nitrogens with zero attached hydrogens (tertiary/aromatic N) is 1. The minimum atomic E-state index is -0.174. The summed E-state index contributed by atoms with van der Waals surface area (Å²) in [5.41, 5.74) is 7.46. The molecule has 0 bridgehead atoms. The Kier molecular flexibility index (Phi) is 5.58. The van der Waals surface area contributed by atoms with Crippen LogP contribution in [0.15, 0.2) is 24.3 Å². The largest absolute Gasteiger partial charge is 0.469 e. The molecule has 0 aliphatic rings. The van der Waals surface area contributed by atoms with Crippen molar-refractivity contribution in [1.29, 1.82) is 0 Å². The number of methoxy groups -OCH3 is 1. The highest BCUT2D eigenvalue weighted by molar-refractivity contribution is 7.80. The van der Waals surface area contributed by atoms with Crippen LogP contribution >= 0.6 is 12.2 Å². The summed E-state index contributed by atoms with van der Waals surface area (Å²) in [7, 11) is 3.38. The summed E-state index contributed by atoms with van der Waals surface area (Å²) in [6.07, 6.45) is 1.20. The highest BCUT2D eigenvalue weighted by Crippen LogP contribution is 2.14. The van der Waals surface area contributed by atoms with Crippen LogP contribution in [0.3, 0.4) is 0 Å². The van der Waals surface area contributed by atoms with Crippen molar-refractivity contribution >= 4 is 28.9 Å². The van der Waals surface area contributed by atoms with Crippen molar-refractivity contribution in [2.75, 3.05) is 25.6 Å². The van der Waals surface area contributed by atoms with Gasteiger partial charge in [0.2, 0.25) is 0 Å². The average Bonchev–Trinajstić information content (AvgIpc) is 2.38. The molecule has 0 amide bonds. The number of esters is 1. The standard InChI is InChI=1S/C13H18N2O2S/c1-15(9-3-4-12(16)17-2)11-7-5-10(6-8-11)13(14)18/h5-8H,3-4,9H2,1-2H3,(H2,14,18). The molecular weight excluding hydrogens is 248 g/mol. The SMILES string of the molecule is COC(=O)CCCN(C)c1ccc(C(N)=S)cc1.